The van der Waals surface area contributed by atoms with Gasteiger partial charge in [-0.1, -0.05) is 6.92 Å². The van der Waals surface area contributed by atoms with E-state index >= 15 is 0 Å². The van der Waals surface area contributed by atoms with Crippen molar-refractivity contribution in [1.29, 1.82) is 0 Å². The molecule has 1 saturated heterocycles. The van der Waals surface area contributed by atoms with Gasteiger partial charge in [0, 0.05) is 30.6 Å². The third kappa shape index (κ3) is 4.40. The van der Waals surface area contributed by atoms with Crippen LogP contribution in [0.5, 0.6) is 0 Å². The normalized spacial score (nSPS) is 20.0. The molecule has 1 aliphatic rings. The summed E-state index contributed by atoms with van der Waals surface area (Å²) in [7, 11) is 0. The average molecular weight is 313 g/mol. The van der Waals surface area contributed by atoms with Gasteiger partial charge in [-0.25, -0.2) is 9.78 Å². The number of carbonyl (C=O) groups excluding carboxylic acids is 1. The summed E-state index contributed by atoms with van der Waals surface area (Å²) in [4.78, 5) is 28.8. The monoisotopic (exact) mass is 313 g/mol. The van der Waals surface area contributed by atoms with E-state index in [1.807, 2.05) is 12.3 Å². The highest BCUT2D eigenvalue weighted by atomic mass is 32.1. The van der Waals surface area contributed by atoms with Crippen LogP contribution < -0.4 is 5.32 Å². The Morgan fingerprint density at radius 1 is 1.67 bits per heavy atom. The first-order chi connectivity index (χ1) is 10.1. The number of urea groups is 1. The van der Waals surface area contributed by atoms with Crippen molar-refractivity contribution in [2.45, 2.75) is 25.3 Å². The van der Waals surface area contributed by atoms with Crippen LogP contribution >= 0.6 is 11.3 Å². The second kappa shape index (κ2) is 7.37. The van der Waals surface area contributed by atoms with Crippen LogP contribution in [0.1, 0.15) is 24.3 Å². The first-order valence-electron chi connectivity index (χ1n) is 6.81. The predicted octanol–water partition coefficient (Wildman–Crippen LogP) is 1.13. The molecule has 1 aromatic rings. The lowest BCUT2D eigenvalue weighted by Gasteiger charge is -2.35. The van der Waals surface area contributed by atoms with Crippen molar-refractivity contribution in [3.05, 3.63) is 16.6 Å². The number of aliphatic carboxylic acids is 1. The molecule has 116 valence electrons. The number of ether oxygens (including phenoxy) is 1. The molecule has 1 aromatic heterocycles. The lowest BCUT2D eigenvalue weighted by molar-refractivity contribution is -0.139. The molecule has 2 N–H and O–H groups in total. The van der Waals surface area contributed by atoms with Gasteiger partial charge >= 0.3 is 12.0 Å². The molecule has 0 bridgehead atoms. The van der Waals surface area contributed by atoms with Crippen molar-refractivity contribution < 1.29 is 19.4 Å². The molecule has 2 heterocycles. The number of rotatable bonds is 5. The Bertz CT molecular complexity index is 480. The zero-order valence-corrected chi connectivity index (χ0v) is 12.6. The Morgan fingerprint density at radius 2 is 2.48 bits per heavy atom. The maximum atomic E-state index is 12.2. The van der Waals surface area contributed by atoms with Crippen LogP contribution in [0.4, 0.5) is 4.79 Å². The van der Waals surface area contributed by atoms with Gasteiger partial charge in [0.1, 0.15) is 0 Å². The van der Waals surface area contributed by atoms with Gasteiger partial charge < -0.3 is 20.1 Å². The molecule has 0 radical (unpaired) electrons. The molecule has 2 unspecified atom stereocenters. The van der Waals surface area contributed by atoms with Gasteiger partial charge in [-0.2, -0.15) is 0 Å². The fourth-order valence-electron chi connectivity index (χ4n) is 2.20. The van der Waals surface area contributed by atoms with E-state index in [1.54, 1.807) is 22.4 Å². The highest BCUT2D eigenvalue weighted by Gasteiger charge is 2.29. The van der Waals surface area contributed by atoms with Gasteiger partial charge in [0.15, 0.2) is 0 Å². The molecule has 21 heavy (non-hydrogen) atoms. The third-order valence-corrected chi connectivity index (χ3v) is 4.34. The van der Waals surface area contributed by atoms with Crippen molar-refractivity contribution in [1.82, 2.24) is 15.2 Å². The van der Waals surface area contributed by atoms with Crippen LogP contribution in [0.3, 0.4) is 0 Å². The molecule has 1 aliphatic heterocycles. The number of carbonyl (C=O) groups is 2. The predicted molar refractivity (Wildman–Crippen MR) is 77.5 cm³/mol. The summed E-state index contributed by atoms with van der Waals surface area (Å²) in [6.07, 6.45) is 1.64. The standard InChI is InChI=1S/C13H19N3O4S/c1-9(12-14-2-5-21-12)7-15-13(19)16-3-4-20-8-10(16)6-11(17)18/h2,5,9-10H,3-4,6-8H2,1H3,(H,15,19)(H,17,18). The van der Waals surface area contributed by atoms with E-state index in [4.69, 9.17) is 9.84 Å². The van der Waals surface area contributed by atoms with Crippen LogP contribution in [0.25, 0.3) is 0 Å². The van der Waals surface area contributed by atoms with E-state index in [0.29, 0.717) is 19.7 Å². The summed E-state index contributed by atoms with van der Waals surface area (Å²) in [5, 5.41) is 14.6. The number of carboxylic acids is 1. The number of nitrogens with zero attached hydrogens (tertiary/aromatic N) is 2. The minimum atomic E-state index is -0.931. The summed E-state index contributed by atoms with van der Waals surface area (Å²) in [5.41, 5.74) is 0. The number of hydrogen-bond donors (Lipinski definition) is 2. The maximum absolute atomic E-state index is 12.2. The van der Waals surface area contributed by atoms with E-state index in [0.717, 1.165) is 5.01 Å². The Balaban J connectivity index is 1.87. The summed E-state index contributed by atoms with van der Waals surface area (Å²) in [6.45, 7) is 3.58. The van der Waals surface area contributed by atoms with Crippen LogP contribution in [0, 0.1) is 0 Å². The van der Waals surface area contributed by atoms with Gasteiger partial charge in [0.2, 0.25) is 0 Å². The second-order valence-corrected chi connectivity index (χ2v) is 5.90. The summed E-state index contributed by atoms with van der Waals surface area (Å²) < 4.78 is 5.25. The van der Waals surface area contributed by atoms with E-state index in [-0.39, 0.29) is 25.0 Å². The number of amides is 2. The Labute approximate surface area is 126 Å². The smallest absolute Gasteiger partial charge is 0.317 e. The highest BCUT2D eigenvalue weighted by molar-refractivity contribution is 7.09. The fourth-order valence-corrected chi connectivity index (χ4v) is 2.90. The molecule has 2 atom stereocenters. The Morgan fingerprint density at radius 3 is 3.14 bits per heavy atom. The molecule has 0 saturated carbocycles. The van der Waals surface area contributed by atoms with Crippen molar-refractivity contribution in [3.63, 3.8) is 0 Å². The van der Waals surface area contributed by atoms with Crippen molar-refractivity contribution >= 4 is 23.3 Å². The molecule has 7 nitrogen and oxygen atoms in total. The van der Waals surface area contributed by atoms with Crippen molar-refractivity contribution in [2.24, 2.45) is 0 Å². The van der Waals surface area contributed by atoms with Crippen LogP contribution in [0.2, 0.25) is 0 Å². The highest BCUT2D eigenvalue weighted by Crippen LogP contribution is 2.17. The first-order valence-corrected chi connectivity index (χ1v) is 7.69. The van der Waals surface area contributed by atoms with Gasteiger partial charge in [0.25, 0.3) is 0 Å². The summed E-state index contributed by atoms with van der Waals surface area (Å²) in [6, 6.07) is -0.653. The molecule has 1 fully saturated rings. The minimum Gasteiger partial charge on any atom is -0.481 e. The topological polar surface area (TPSA) is 91.8 Å². The van der Waals surface area contributed by atoms with E-state index in [2.05, 4.69) is 10.3 Å². The fraction of sp³-hybridized carbons (Fsp3) is 0.615. The number of nitrogens with one attached hydrogen (secondary N) is 1. The lowest BCUT2D eigenvalue weighted by atomic mass is 10.1. The van der Waals surface area contributed by atoms with Gasteiger partial charge in [-0.15, -0.1) is 11.3 Å². The molecule has 0 spiro atoms. The van der Waals surface area contributed by atoms with E-state index in [1.165, 1.54) is 0 Å². The number of morpholine rings is 1. The molecule has 2 amide bonds. The number of hydrogen-bond acceptors (Lipinski definition) is 5. The summed E-state index contributed by atoms with van der Waals surface area (Å²) in [5.74, 6) is -0.799. The molecular formula is C13H19N3O4S. The largest absolute Gasteiger partial charge is 0.481 e. The van der Waals surface area contributed by atoms with Crippen LogP contribution in [-0.2, 0) is 9.53 Å². The van der Waals surface area contributed by atoms with Gasteiger partial charge in [-0.3, -0.25) is 4.79 Å². The molecule has 0 aromatic carbocycles. The Kier molecular flexibility index (Phi) is 5.51. The van der Waals surface area contributed by atoms with Crippen molar-refractivity contribution in [2.75, 3.05) is 26.3 Å². The quantitative estimate of drug-likeness (QED) is 0.850. The minimum absolute atomic E-state index is 0.102. The zero-order valence-electron chi connectivity index (χ0n) is 11.8. The van der Waals surface area contributed by atoms with Gasteiger partial charge in [0.05, 0.1) is 30.7 Å². The van der Waals surface area contributed by atoms with Gasteiger partial charge in [-0.05, 0) is 0 Å². The first kappa shape index (κ1) is 15.7. The van der Waals surface area contributed by atoms with Crippen LogP contribution in [-0.4, -0.2) is 59.3 Å². The Hall–Kier alpha value is -1.67. The van der Waals surface area contributed by atoms with E-state index < -0.39 is 12.0 Å². The molecule has 2 rings (SSSR count). The van der Waals surface area contributed by atoms with Crippen molar-refractivity contribution in [3.8, 4) is 0 Å². The number of carboxylic acid groups (broad SMARTS) is 1. The van der Waals surface area contributed by atoms with E-state index in [9.17, 15) is 9.59 Å². The lowest BCUT2D eigenvalue weighted by Crippen LogP contribution is -2.53. The summed E-state index contributed by atoms with van der Waals surface area (Å²) >= 11 is 1.55. The maximum Gasteiger partial charge on any atom is 0.317 e. The zero-order chi connectivity index (χ0) is 15.2. The number of thiazole rings is 1. The molecule has 0 aliphatic carbocycles. The average Bonchev–Trinajstić information content (AvgIpc) is 2.98. The van der Waals surface area contributed by atoms with Crippen LogP contribution in [0.15, 0.2) is 11.6 Å². The second-order valence-electron chi connectivity index (χ2n) is 4.98. The third-order valence-electron chi connectivity index (χ3n) is 3.33. The molecular weight excluding hydrogens is 294 g/mol. The SMILES string of the molecule is CC(CNC(=O)N1CCOCC1CC(=O)O)c1nccs1. The molecule has 8 heteroatoms. The number of aromatic nitrogens is 1.